The summed E-state index contributed by atoms with van der Waals surface area (Å²) in [5.41, 5.74) is 2.56. The van der Waals surface area contributed by atoms with Gasteiger partial charge in [0.05, 0.1) is 11.1 Å². The van der Waals surface area contributed by atoms with E-state index in [2.05, 4.69) is 0 Å². The topological polar surface area (TPSA) is 52.6 Å². The standard InChI is InChI=1S/C31H20F2O4/c32-19-14-15-20-22(16-19)31-21-12-7-13-23(33)24(21)26(31)28(37-30(35)18-10-5-2-6-11-18)27(25(20)31)36-29(34)17-8-3-1-4-9-17/h1-16,25-28H/t25?,26-,27?,28?,31+/m1/s1. The summed E-state index contributed by atoms with van der Waals surface area (Å²) in [5.74, 6) is -3.02. The number of benzene rings is 4. The van der Waals surface area contributed by atoms with Crippen LogP contribution in [0.4, 0.5) is 8.78 Å². The zero-order chi connectivity index (χ0) is 25.3. The van der Waals surface area contributed by atoms with Crippen molar-refractivity contribution in [3.63, 3.8) is 0 Å². The Balaban J connectivity index is 1.37. The maximum Gasteiger partial charge on any atom is 0.338 e. The van der Waals surface area contributed by atoms with Gasteiger partial charge in [0.15, 0.2) is 0 Å². The van der Waals surface area contributed by atoms with Crippen LogP contribution in [0.1, 0.15) is 54.8 Å². The lowest BCUT2D eigenvalue weighted by Gasteiger charge is -2.58. The Morgan fingerprint density at radius 1 is 0.649 bits per heavy atom. The second-order valence-corrected chi connectivity index (χ2v) is 9.73. The molecule has 1 spiro atoms. The minimum atomic E-state index is -0.967. The molecule has 4 nitrogen and oxygen atoms in total. The van der Waals surface area contributed by atoms with E-state index < -0.39 is 53.0 Å². The molecule has 1 saturated carbocycles. The third kappa shape index (κ3) is 2.87. The monoisotopic (exact) mass is 494 g/mol. The van der Waals surface area contributed by atoms with Crippen molar-refractivity contribution in [1.82, 2.24) is 0 Å². The van der Waals surface area contributed by atoms with E-state index in [-0.39, 0.29) is 0 Å². The van der Waals surface area contributed by atoms with Gasteiger partial charge in [0.1, 0.15) is 23.8 Å². The molecule has 7 rings (SSSR count). The van der Waals surface area contributed by atoms with Crippen LogP contribution in [0.5, 0.6) is 0 Å². The smallest absolute Gasteiger partial charge is 0.338 e. The molecule has 0 aliphatic heterocycles. The minimum absolute atomic E-state index is 0.334. The fourth-order valence-electron chi connectivity index (χ4n) is 6.74. The number of rotatable bonds is 4. The van der Waals surface area contributed by atoms with Crippen LogP contribution in [0.2, 0.25) is 0 Å². The molecule has 37 heavy (non-hydrogen) atoms. The fourth-order valence-corrected chi connectivity index (χ4v) is 6.74. The highest BCUT2D eigenvalue weighted by molar-refractivity contribution is 5.91. The minimum Gasteiger partial charge on any atom is -0.454 e. The van der Waals surface area contributed by atoms with E-state index >= 15 is 4.39 Å². The number of esters is 2. The molecule has 0 aromatic heterocycles. The Morgan fingerprint density at radius 2 is 1.24 bits per heavy atom. The van der Waals surface area contributed by atoms with Gasteiger partial charge >= 0.3 is 11.9 Å². The van der Waals surface area contributed by atoms with E-state index in [1.165, 1.54) is 18.2 Å². The van der Waals surface area contributed by atoms with Crippen molar-refractivity contribution in [3.05, 3.63) is 142 Å². The summed E-state index contributed by atoms with van der Waals surface area (Å²) >= 11 is 0. The van der Waals surface area contributed by atoms with E-state index in [0.717, 1.165) is 16.7 Å². The number of carbonyl (C=O) groups excluding carboxylic acids is 2. The lowest BCUT2D eigenvalue weighted by atomic mass is 9.43. The zero-order valence-electron chi connectivity index (χ0n) is 19.4. The van der Waals surface area contributed by atoms with Crippen molar-refractivity contribution in [2.24, 2.45) is 0 Å². The van der Waals surface area contributed by atoms with Crippen LogP contribution in [0, 0.1) is 11.6 Å². The summed E-state index contributed by atoms with van der Waals surface area (Å²) in [5, 5.41) is 0. The first-order chi connectivity index (χ1) is 18.0. The molecule has 0 N–H and O–H groups in total. The van der Waals surface area contributed by atoms with Crippen LogP contribution in [-0.2, 0) is 14.9 Å². The predicted molar refractivity (Wildman–Crippen MR) is 130 cm³/mol. The maximum atomic E-state index is 15.2. The second kappa shape index (κ2) is 7.84. The maximum absolute atomic E-state index is 15.2. The zero-order valence-corrected chi connectivity index (χ0v) is 19.4. The van der Waals surface area contributed by atoms with E-state index in [1.807, 2.05) is 6.07 Å². The number of carbonyl (C=O) groups is 2. The molecular formula is C31H20F2O4. The molecule has 3 unspecified atom stereocenters. The van der Waals surface area contributed by atoms with Gasteiger partial charge in [-0.25, -0.2) is 18.4 Å². The highest BCUT2D eigenvalue weighted by Gasteiger charge is 2.77. The lowest BCUT2D eigenvalue weighted by Crippen LogP contribution is -2.54. The molecule has 0 bridgehead atoms. The summed E-state index contributed by atoms with van der Waals surface area (Å²) in [4.78, 5) is 26.4. The van der Waals surface area contributed by atoms with Gasteiger partial charge in [-0.05, 0) is 59.2 Å². The molecule has 0 heterocycles. The number of hydrogen-bond acceptors (Lipinski definition) is 4. The summed E-state index contributed by atoms with van der Waals surface area (Å²) < 4.78 is 41.8. The van der Waals surface area contributed by atoms with Crippen molar-refractivity contribution in [2.75, 3.05) is 0 Å². The molecule has 1 fully saturated rings. The average molecular weight is 494 g/mol. The van der Waals surface area contributed by atoms with Gasteiger partial charge in [-0.1, -0.05) is 54.6 Å². The second-order valence-electron chi connectivity index (χ2n) is 9.73. The first-order valence-electron chi connectivity index (χ1n) is 12.1. The molecule has 4 aromatic carbocycles. The van der Waals surface area contributed by atoms with Gasteiger partial charge in [-0.3, -0.25) is 0 Å². The van der Waals surface area contributed by atoms with E-state index in [0.29, 0.717) is 16.7 Å². The number of fused-ring (bicyclic) bond motifs is 4. The van der Waals surface area contributed by atoms with Crippen molar-refractivity contribution >= 4 is 11.9 Å². The summed E-state index contributed by atoms with van der Waals surface area (Å²) in [6, 6.07) is 26.4. The van der Waals surface area contributed by atoms with Crippen molar-refractivity contribution < 1.29 is 27.8 Å². The Morgan fingerprint density at radius 3 is 1.86 bits per heavy atom. The number of hydrogen-bond donors (Lipinski definition) is 0. The molecule has 4 aromatic rings. The van der Waals surface area contributed by atoms with Crippen LogP contribution in [0.25, 0.3) is 0 Å². The Hall–Kier alpha value is -4.32. The SMILES string of the molecule is O=C(OC1C(OC(=O)c2ccccc2)[C@H]2c3c(F)cccc3[C@@]23c2cc(F)ccc2C13)c1ccccc1. The summed E-state index contributed by atoms with van der Waals surface area (Å²) in [6.45, 7) is 0. The van der Waals surface area contributed by atoms with Crippen LogP contribution in [0.3, 0.4) is 0 Å². The van der Waals surface area contributed by atoms with Gasteiger partial charge in [0.2, 0.25) is 0 Å². The normalized spacial score (nSPS) is 25.9. The fraction of sp³-hybridized carbons (Fsp3) is 0.161. The number of ether oxygens (including phenoxy) is 2. The summed E-state index contributed by atoms with van der Waals surface area (Å²) in [7, 11) is 0. The van der Waals surface area contributed by atoms with Crippen molar-refractivity contribution in [2.45, 2.75) is 29.5 Å². The Labute approximate surface area is 211 Å². The summed E-state index contributed by atoms with van der Waals surface area (Å²) in [6.07, 6.45) is -1.86. The van der Waals surface area contributed by atoms with E-state index in [4.69, 9.17) is 9.47 Å². The Bertz CT molecular complexity index is 1570. The van der Waals surface area contributed by atoms with Gasteiger partial charge in [-0.2, -0.15) is 0 Å². The van der Waals surface area contributed by atoms with E-state index in [9.17, 15) is 14.0 Å². The molecule has 0 amide bonds. The van der Waals surface area contributed by atoms with Gasteiger partial charge < -0.3 is 9.47 Å². The highest BCUT2D eigenvalue weighted by atomic mass is 19.1. The molecule has 0 saturated heterocycles. The van der Waals surface area contributed by atoms with Crippen molar-refractivity contribution in [1.29, 1.82) is 0 Å². The van der Waals surface area contributed by atoms with Gasteiger partial charge in [-0.15, -0.1) is 0 Å². The third-order valence-electron chi connectivity index (χ3n) is 8.07. The molecule has 0 radical (unpaired) electrons. The average Bonchev–Trinajstić information content (AvgIpc) is 3.09. The first-order valence-corrected chi connectivity index (χ1v) is 12.1. The third-order valence-corrected chi connectivity index (χ3v) is 8.07. The highest BCUT2D eigenvalue weighted by Crippen LogP contribution is 2.76. The lowest BCUT2D eigenvalue weighted by molar-refractivity contribution is -0.0319. The van der Waals surface area contributed by atoms with Crippen LogP contribution in [0.15, 0.2) is 97.1 Å². The Kier molecular flexibility index (Phi) is 4.64. The van der Waals surface area contributed by atoms with Crippen LogP contribution >= 0.6 is 0 Å². The molecule has 3 aliphatic carbocycles. The molecule has 3 aliphatic rings. The van der Waals surface area contributed by atoms with Gasteiger partial charge in [0, 0.05) is 22.8 Å². The number of halogens is 2. The first kappa shape index (κ1) is 21.9. The van der Waals surface area contributed by atoms with E-state index in [1.54, 1.807) is 72.8 Å². The molecular weight excluding hydrogens is 474 g/mol. The van der Waals surface area contributed by atoms with Crippen LogP contribution in [-0.4, -0.2) is 24.1 Å². The van der Waals surface area contributed by atoms with Gasteiger partial charge in [0.25, 0.3) is 0 Å². The predicted octanol–water partition coefficient (Wildman–Crippen LogP) is 5.91. The molecule has 182 valence electrons. The van der Waals surface area contributed by atoms with Crippen LogP contribution < -0.4 is 0 Å². The molecule has 6 heteroatoms. The largest absolute Gasteiger partial charge is 0.454 e. The molecule has 5 atom stereocenters. The quantitative estimate of drug-likeness (QED) is 0.331. The van der Waals surface area contributed by atoms with Crippen molar-refractivity contribution in [3.8, 4) is 0 Å².